The summed E-state index contributed by atoms with van der Waals surface area (Å²) >= 11 is 0. The highest BCUT2D eigenvalue weighted by atomic mass is 16.5. The van der Waals surface area contributed by atoms with Crippen LogP contribution in [0.3, 0.4) is 0 Å². The number of unbranched alkanes of at least 4 members (excludes halogenated alkanes) is 1. The smallest absolute Gasteiger partial charge is 0.218 e. The number of aromatic nitrogens is 2. The fraction of sp³-hybridized carbons (Fsp3) is 0.692. The number of ether oxygens (including phenoxy) is 2. The van der Waals surface area contributed by atoms with Gasteiger partial charge >= 0.3 is 0 Å². The van der Waals surface area contributed by atoms with Gasteiger partial charge in [0.25, 0.3) is 0 Å². The number of hydrogen-bond donors (Lipinski definition) is 1. The fourth-order valence-corrected chi connectivity index (χ4v) is 1.40. The van der Waals surface area contributed by atoms with Gasteiger partial charge in [0, 0.05) is 25.8 Å². The van der Waals surface area contributed by atoms with Gasteiger partial charge in [0.2, 0.25) is 5.88 Å². The summed E-state index contributed by atoms with van der Waals surface area (Å²) in [6, 6.07) is 1.81. The molecule has 0 fully saturated rings. The number of nitrogens with one attached hydrogen (secondary N) is 1. The Hall–Kier alpha value is -1.36. The van der Waals surface area contributed by atoms with E-state index >= 15 is 0 Å². The quantitative estimate of drug-likeness (QED) is 0.649. The Kier molecular flexibility index (Phi) is 7.88. The molecule has 1 heterocycles. The van der Waals surface area contributed by atoms with E-state index < -0.39 is 0 Å². The molecule has 0 unspecified atom stereocenters. The molecule has 0 aromatic carbocycles. The molecule has 5 heteroatoms. The summed E-state index contributed by atoms with van der Waals surface area (Å²) in [5.41, 5.74) is 0. The monoisotopic (exact) mass is 253 g/mol. The van der Waals surface area contributed by atoms with Crippen LogP contribution in [0.2, 0.25) is 0 Å². The molecule has 0 aliphatic heterocycles. The normalized spacial score (nSPS) is 10.3. The largest absolute Gasteiger partial charge is 0.478 e. The van der Waals surface area contributed by atoms with E-state index in [2.05, 4.69) is 22.2 Å². The molecular formula is C13H23N3O2. The van der Waals surface area contributed by atoms with Crippen molar-refractivity contribution in [2.45, 2.75) is 33.1 Å². The van der Waals surface area contributed by atoms with E-state index in [1.54, 1.807) is 6.07 Å². The lowest BCUT2D eigenvalue weighted by Crippen LogP contribution is -2.08. The van der Waals surface area contributed by atoms with Crippen molar-refractivity contribution in [3.8, 4) is 5.88 Å². The molecule has 0 saturated carbocycles. The molecule has 1 rings (SSSR count). The van der Waals surface area contributed by atoms with Crippen LogP contribution in [0.15, 0.2) is 12.4 Å². The summed E-state index contributed by atoms with van der Waals surface area (Å²) < 4.78 is 10.8. The molecule has 1 aromatic rings. The minimum atomic E-state index is 0.606. The van der Waals surface area contributed by atoms with Crippen LogP contribution in [0, 0.1) is 0 Å². The molecular weight excluding hydrogens is 230 g/mol. The second kappa shape index (κ2) is 9.65. The van der Waals surface area contributed by atoms with Crippen molar-refractivity contribution in [2.24, 2.45) is 0 Å². The molecule has 18 heavy (non-hydrogen) atoms. The Balaban J connectivity index is 2.13. The van der Waals surface area contributed by atoms with Gasteiger partial charge in [-0.2, -0.15) is 0 Å². The van der Waals surface area contributed by atoms with Crippen LogP contribution < -0.4 is 10.1 Å². The lowest BCUT2D eigenvalue weighted by molar-refractivity contribution is 0.131. The SMILES string of the molecule is CCCCOCCCNc1cc(OCC)ncn1. The Bertz CT molecular complexity index is 321. The third-order valence-electron chi connectivity index (χ3n) is 2.35. The van der Waals surface area contributed by atoms with Gasteiger partial charge in [0.1, 0.15) is 12.1 Å². The third kappa shape index (κ3) is 6.39. The summed E-state index contributed by atoms with van der Waals surface area (Å²) in [5.74, 6) is 1.40. The molecule has 0 amide bonds. The molecule has 5 nitrogen and oxygen atoms in total. The van der Waals surface area contributed by atoms with E-state index in [0.29, 0.717) is 12.5 Å². The van der Waals surface area contributed by atoms with Crippen molar-refractivity contribution in [1.82, 2.24) is 9.97 Å². The molecule has 0 aliphatic carbocycles. The fourth-order valence-electron chi connectivity index (χ4n) is 1.40. The van der Waals surface area contributed by atoms with Crippen LogP contribution in [-0.2, 0) is 4.74 Å². The average Bonchev–Trinajstić information content (AvgIpc) is 2.39. The summed E-state index contributed by atoms with van der Waals surface area (Å²) in [6.45, 7) is 7.20. The maximum atomic E-state index is 5.48. The first-order chi connectivity index (χ1) is 8.86. The van der Waals surface area contributed by atoms with E-state index in [1.807, 2.05) is 6.92 Å². The molecule has 0 aliphatic rings. The van der Waals surface area contributed by atoms with Crippen LogP contribution in [-0.4, -0.2) is 36.3 Å². The van der Waals surface area contributed by atoms with E-state index in [0.717, 1.165) is 38.4 Å². The van der Waals surface area contributed by atoms with Crippen molar-refractivity contribution in [3.05, 3.63) is 12.4 Å². The van der Waals surface area contributed by atoms with E-state index in [-0.39, 0.29) is 0 Å². The second-order valence-electron chi connectivity index (χ2n) is 3.92. The predicted molar refractivity (Wildman–Crippen MR) is 72.0 cm³/mol. The van der Waals surface area contributed by atoms with Gasteiger partial charge < -0.3 is 14.8 Å². The topological polar surface area (TPSA) is 56.3 Å². The Morgan fingerprint density at radius 1 is 1.17 bits per heavy atom. The standard InChI is InChI=1S/C13H23N3O2/c1-3-5-8-17-9-6-7-14-12-10-13(18-4-2)16-11-15-12/h10-11H,3-9H2,1-2H3,(H,14,15,16). The summed E-state index contributed by atoms with van der Waals surface area (Å²) in [7, 11) is 0. The Morgan fingerprint density at radius 2 is 2.00 bits per heavy atom. The van der Waals surface area contributed by atoms with Crippen molar-refractivity contribution >= 4 is 5.82 Å². The highest BCUT2D eigenvalue weighted by molar-refractivity contribution is 5.36. The highest BCUT2D eigenvalue weighted by Gasteiger charge is 1.98. The van der Waals surface area contributed by atoms with Gasteiger partial charge in [0.15, 0.2) is 0 Å². The number of anilines is 1. The van der Waals surface area contributed by atoms with Gasteiger partial charge in [0.05, 0.1) is 6.61 Å². The summed E-state index contributed by atoms with van der Waals surface area (Å²) in [6.07, 6.45) is 4.79. The van der Waals surface area contributed by atoms with Gasteiger partial charge in [-0.15, -0.1) is 0 Å². The summed E-state index contributed by atoms with van der Waals surface area (Å²) in [5, 5.41) is 3.22. The first-order valence-corrected chi connectivity index (χ1v) is 6.63. The van der Waals surface area contributed by atoms with Gasteiger partial charge in [-0.25, -0.2) is 9.97 Å². The van der Waals surface area contributed by atoms with Crippen LogP contribution in [0.25, 0.3) is 0 Å². The minimum absolute atomic E-state index is 0.606. The zero-order valence-electron chi connectivity index (χ0n) is 11.3. The maximum absolute atomic E-state index is 5.48. The molecule has 0 radical (unpaired) electrons. The van der Waals surface area contributed by atoms with E-state index in [4.69, 9.17) is 9.47 Å². The number of rotatable bonds is 10. The first kappa shape index (κ1) is 14.7. The van der Waals surface area contributed by atoms with Crippen LogP contribution >= 0.6 is 0 Å². The molecule has 102 valence electrons. The molecule has 0 saturated heterocycles. The van der Waals surface area contributed by atoms with E-state index in [1.165, 1.54) is 12.7 Å². The maximum Gasteiger partial charge on any atom is 0.218 e. The molecule has 0 spiro atoms. The van der Waals surface area contributed by atoms with Crippen LogP contribution in [0.1, 0.15) is 33.1 Å². The zero-order chi connectivity index (χ0) is 13.1. The Morgan fingerprint density at radius 3 is 2.78 bits per heavy atom. The van der Waals surface area contributed by atoms with Gasteiger partial charge in [-0.3, -0.25) is 0 Å². The zero-order valence-corrected chi connectivity index (χ0v) is 11.3. The first-order valence-electron chi connectivity index (χ1n) is 6.63. The molecule has 0 atom stereocenters. The lowest BCUT2D eigenvalue weighted by Gasteiger charge is -2.07. The van der Waals surface area contributed by atoms with Crippen LogP contribution in [0.5, 0.6) is 5.88 Å². The van der Waals surface area contributed by atoms with Gasteiger partial charge in [-0.1, -0.05) is 13.3 Å². The van der Waals surface area contributed by atoms with Crippen molar-refractivity contribution < 1.29 is 9.47 Å². The average molecular weight is 253 g/mol. The van der Waals surface area contributed by atoms with Gasteiger partial charge in [-0.05, 0) is 19.8 Å². The molecule has 1 aromatic heterocycles. The molecule has 1 N–H and O–H groups in total. The molecule has 0 bridgehead atoms. The second-order valence-corrected chi connectivity index (χ2v) is 3.92. The lowest BCUT2D eigenvalue weighted by atomic mass is 10.3. The van der Waals surface area contributed by atoms with E-state index in [9.17, 15) is 0 Å². The number of nitrogens with zero attached hydrogens (tertiary/aromatic N) is 2. The minimum Gasteiger partial charge on any atom is -0.478 e. The summed E-state index contributed by atoms with van der Waals surface area (Å²) in [4.78, 5) is 8.14. The van der Waals surface area contributed by atoms with Crippen LogP contribution in [0.4, 0.5) is 5.82 Å². The van der Waals surface area contributed by atoms with Crippen molar-refractivity contribution in [1.29, 1.82) is 0 Å². The predicted octanol–water partition coefficient (Wildman–Crippen LogP) is 2.49. The Labute approximate surface area is 109 Å². The van der Waals surface area contributed by atoms with Crippen molar-refractivity contribution in [3.63, 3.8) is 0 Å². The highest BCUT2D eigenvalue weighted by Crippen LogP contribution is 2.10. The third-order valence-corrected chi connectivity index (χ3v) is 2.35. The van der Waals surface area contributed by atoms with Crippen molar-refractivity contribution in [2.75, 3.05) is 31.7 Å². The number of hydrogen-bond acceptors (Lipinski definition) is 5.